The number of aromatic nitrogens is 2. The van der Waals surface area contributed by atoms with Crippen molar-refractivity contribution in [1.29, 1.82) is 0 Å². The van der Waals surface area contributed by atoms with Crippen molar-refractivity contribution in [3.8, 4) is 23.0 Å². The molecule has 0 unspecified atom stereocenters. The lowest BCUT2D eigenvalue weighted by molar-refractivity contribution is -0.134. The first-order valence-electron chi connectivity index (χ1n) is 14.2. The molecule has 1 aliphatic heterocycles. The van der Waals surface area contributed by atoms with Crippen LogP contribution < -0.4 is 10.1 Å². The number of carbonyl (C=O) groups excluding carboxylic acids is 3. The summed E-state index contributed by atoms with van der Waals surface area (Å²) in [4.78, 5) is 51.7. The van der Waals surface area contributed by atoms with E-state index in [1.807, 2.05) is 30.3 Å². The molecule has 1 saturated carbocycles. The van der Waals surface area contributed by atoms with Gasteiger partial charge in [0.05, 0.1) is 7.11 Å². The number of hydrogen-bond donors (Lipinski definition) is 2. The van der Waals surface area contributed by atoms with E-state index in [-0.39, 0.29) is 29.9 Å². The van der Waals surface area contributed by atoms with Gasteiger partial charge in [0, 0.05) is 44.2 Å². The van der Waals surface area contributed by atoms with Crippen LogP contribution in [0.4, 0.5) is 4.79 Å². The second-order valence-electron chi connectivity index (χ2n) is 10.5. The highest BCUT2D eigenvalue weighted by Gasteiger charge is 2.31. The number of benzene rings is 2. The summed E-state index contributed by atoms with van der Waals surface area (Å²) in [6.45, 7) is 1.26. The third-order valence-corrected chi connectivity index (χ3v) is 7.56. The van der Waals surface area contributed by atoms with Gasteiger partial charge >= 0.3 is 6.09 Å². The zero-order valence-electron chi connectivity index (χ0n) is 23.6. The van der Waals surface area contributed by atoms with Gasteiger partial charge in [-0.15, -0.1) is 0 Å². The molecule has 1 aromatic heterocycles. The van der Waals surface area contributed by atoms with E-state index in [0.717, 1.165) is 36.8 Å². The lowest BCUT2D eigenvalue weighted by Gasteiger charge is -2.35. The van der Waals surface area contributed by atoms with Crippen LogP contribution in [0.5, 0.6) is 11.6 Å². The molecule has 2 heterocycles. The van der Waals surface area contributed by atoms with E-state index in [1.54, 1.807) is 17.0 Å². The monoisotopic (exact) mass is 573 g/mol. The fraction of sp³-hybridized carbons (Fsp3) is 0.387. The summed E-state index contributed by atoms with van der Waals surface area (Å²) in [6.07, 6.45) is 3.82. The Balaban J connectivity index is 1.39. The molecule has 42 heavy (non-hydrogen) atoms. The Morgan fingerprint density at radius 2 is 1.62 bits per heavy atom. The Hall–Kier alpha value is -4.67. The molecule has 3 amide bonds. The van der Waals surface area contributed by atoms with Crippen molar-refractivity contribution in [2.45, 2.75) is 44.2 Å². The molecule has 2 fully saturated rings. The highest BCUT2D eigenvalue weighted by Crippen LogP contribution is 2.25. The van der Waals surface area contributed by atoms with Gasteiger partial charge in [-0.1, -0.05) is 42.5 Å². The number of methoxy groups -OCH3 is 1. The first-order chi connectivity index (χ1) is 20.4. The minimum Gasteiger partial charge on any atom is -0.508 e. The standard InChI is InChI=1S/C31H35N5O6/c1-41-31(40)36-17-15-35(16-18-36)30(39)26(19-21-11-13-23(37)14-12-21)33-29(38)25-20-27(42-24-9-5-6-10-24)34-28(32-25)22-7-3-2-4-8-22/h2-4,7-8,11-14,20,24,26,37H,5-6,9-10,15-19H2,1H3,(H,33,38)/t26-/m0/s1. The summed E-state index contributed by atoms with van der Waals surface area (Å²) < 4.78 is 10.9. The maximum atomic E-state index is 13.7. The summed E-state index contributed by atoms with van der Waals surface area (Å²) in [6, 6.07) is 16.5. The van der Waals surface area contributed by atoms with Crippen molar-refractivity contribution in [1.82, 2.24) is 25.1 Å². The minimum atomic E-state index is -0.916. The van der Waals surface area contributed by atoms with Gasteiger partial charge in [0.1, 0.15) is 23.6 Å². The van der Waals surface area contributed by atoms with Crippen molar-refractivity contribution in [3.63, 3.8) is 0 Å². The van der Waals surface area contributed by atoms with E-state index in [9.17, 15) is 19.5 Å². The van der Waals surface area contributed by atoms with Crippen molar-refractivity contribution < 1.29 is 29.0 Å². The van der Waals surface area contributed by atoms with Crippen molar-refractivity contribution in [3.05, 3.63) is 71.9 Å². The number of hydrogen-bond acceptors (Lipinski definition) is 8. The predicted molar refractivity (Wildman–Crippen MR) is 154 cm³/mol. The summed E-state index contributed by atoms with van der Waals surface area (Å²) in [5, 5.41) is 12.6. The summed E-state index contributed by atoms with van der Waals surface area (Å²) in [5.74, 6) is -0.0245. The first-order valence-corrected chi connectivity index (χ1v) is 14.2. The second-order valence-corrected chi connectivity index (χ2v) is 10.5. The predicted octanol–water partition coefficient (Wildman–Crippen LogP) is 3.42. The Morgan fingerprint density at radius 1 is 0.952 bits per heavy atom. The van der Waals surface area contributed by atoms with E-state index >= 15 is 0 Å². The number of nitrogens with one attached hydrogen (secondary N) is 1. The third-order valence-electron chi connectivity index (χ3n) is 7.56. The van der Waals surface area contributed by atoms with Gasteiger partial charge in [-0.25, -0.2) is 9.78 Å². The Labute approximate surface area is 244 Å². The zero-order chi connectivity index (χ0) is 29.5. The summed E-state index contributed by atoms with van der Waals surface area (Å²) >= 11 is 0. The molecule has 0 spiro atoms. The van der Waals surface area contributed by atoms with Crippen LogP contribution in [0.3, 0.4) is 0 Å². The number of ether oxygens (including phenoxy) is 2. The van der Waals surface area contributed by atoms with E-state index in [1.165, 1.54) is 30.2 Å². The SMILES string of the molecule is COC(=O)N1CCN(C(=O)[C@H](Cc2ccc(O)cc2)NC(=O)c2cc(OC3CCCC3)nc(-c3ccccc3)n2)CC1. The minimum absolute atomic E-state index is 0.0342. The third kappa shape index (κ3) is 7.15. The molecule has 0 bridgehead atoms. The molecule has 1 aliphatic carbocycles. The lowest BCUT2D eigenvalue weighted by atomic mass is 10.0. The Morgan fingerprint density at radius 3 is 2.29 bits per heavy atom. The molecule has 11 heteroatoms. The first kappa shape index (κ1) is 28.8. The number of amides is 3. The van der Waals surface area contributed by atoms with Gasteiger partial charge < -0.3 is 29.7 Å². The molecule has 1 atom stereocenters. The highest BCUT2D eigenvalue weighted by atomic mass is 16.5. The van der Waals surface area contributed by atoms with Crippen molar-refractivity contribution in [2.75, 3.05) is 33.3 Å². The molecule has 3 aromatic rings. The average Bonchev–Trinajstić information content (AvgIpc) is 3.54. The fourth-order valence-corrected chi connectivity index (χ4v) is 5.25. The van der Waals surface area contributed by atoms with E-state index < -0.39 is 18.0 Å². The number of piperazine rings is 1. The molecule has 2 aliphatic rings. The number of carbonyl (C=O) groups is 3. The maximum absolute atomic E-state index is 13.7. The van der Waals surface area contributed by atoms with Gasteiger partial charge in [0.15, 0.2) is 5.82 Å². The van der Waals surface area contributed by atoms with Crippen LogP contribution in [0.1, 0.15) is 41.7 Å². The van der Waals surface area contributed by atoms with Crippen LogP contribution in [0.2, 0.25) is 0 Å². The van der Waals surface area contributed by atoms with Crippen LogP contribution in [0.15, 0.2) is 60.7 Å². The largest absolute Gasteiger partial charge is 0.508 e. The number of aromatic hydroxyl groups is 1. The zero-order valence-corrected chi connectivity index (χ0v) is 23.6. The quantitative estimate of drug-likeness (QED) is 0.419. The second kappa shape index (κ2) is 13.3. The topological polar surface area (TPSA) is 134 Å². The number of phenols is 1. The molecule has 2 N–H and O–H groups in total. The van der Waals surface area contributed by atoms with Crippen LogP contribution in [0, 0.1) is 0 Å². The van der Waals surface area contributed by atoms with Gasteiger partial charge in [-0.2, -0.15) is 4.98 Å². The maximum Gasteiger partial charge on any atom is 0.409 e. The number of rotatable bonds is 8. The molecule has 11 nitrogen and oxygen atoms in total. The molecule has 220 valence electrons. The fourth-order valence-electron chi connectivity index (χ4n) is 5.25. The van der Waals surface area contributed by atoms with E-state index in [0.29, 0.717) is 37.9 Å². The van der Waals surface area contributed by atoms with Gasteiger partial charge in [0.2, 0.25) is 11.8 Å². The molecule has 5 rings (SSSR count). The van der Waals surface area contributed by atoms with E-state index in [4.69, 9.17) is 9.47 Å². The van der Waals surface area contributed by atoms with Crippen LogP contribution in [-0.4, -0.2) is 88.2 Å². The molecular formula is C31H35N5O6. The van der Waals surface area contributed by atoms with Gasteiger partial charge in [0.25, 0.3) is 5.91 Å². The molecular weight excluding hydrogens is 538 g/mol. The molecule has 1 saturated heterocycles. The highest BCUT2D eigenvalue weighted by molar-refractivity contribution is 5.96. The number of phenolic OH excluding ortho intramolecular Hbond substituents is 1. The average molecular weight is 574 g/mol. The van der Waals surface area contributed by atoms with Crippen molar-refractivity contribution in [2.24, 2.45) is 0 Å². The molecule has 2 aromatic carbocycles. The Kier molecular flexibility index (Phi) is 9.15. The summed E-state index contributed by atoms with van der Waals surface area (Å²) in [5.41, 5.74) is 1.59. The van der Waals surface area contributed by atoms with Crippen LogP contribution in [0.25, 0.3) is 11.4 Å². The van der Waals surface area contributed by atoms with Crippen LogP contribution in [-0.2, 0) is 16.0 Å². The Bertz CT molecular complexity index is 1390. The van der Waals surface area contributed by atoms with E-state index in [2.05, 4.69) is 15.3 Å². The number of nitrogens with zero attached hydrogens (tertiary/aromatic N) is 4. The molecule has 0 radical (unpaired) electrons. The van der Waals surface area contributed by atoms with Gasteiger partial charge in [-0.05, 0) is 43.4 Å². The summed E-state index contributed by atoms with van der Waals surface area (Å²) in [7, 11) is 1.32. The van der Waals surface area contributed by atoms with Gasteiger partial charge in [-0.3, -0.25) is 9.59 Å². The smallest absolute Gasteiger partial charge is 0.409 e. The van der Waals surface area contributed by atoms with Crippen LogP contribution >= 0.6 is 0 Å². The lowest BCUT2D eigenvalue weighted by Crippen LogP contribution is -2.56. The normalized spacial score (nSPS) is 16.1. The van der Waals surface area contributed by atoms with Crippen molar-refractivity contribution >= 4 is 17.9 Å².